The molecular weight excluding hydrogens is 251 g/mol. The van der Waals surface area contributed by atoms with Crippen molar-refractivity contribution >= 4 is 17.4 Å². The molecule has 0 saturated heterocycles. The minimum Gasteiger partial charge on any atom is -0.277 e. The van der Waals surface area contributed by atoms with Crippen LogP contribution in [0.15, 0.2) is 17.4 Å². The highest BCUT2D eigenvalue weighted by Gasteiger charge is 2.33. The molecule has 0 unspecified atom stereocenters. The van der Waals surface area contributed by atoms with Crippen LogP contribution in [0.3, 0.4) is 0 Å². The number of fused-ring (bicyclic) bond motifs is 1. The molecule has 2 aromatic rings. The summed E-state index contributed by atoms with van der Waals surface area (Å²) < 4.78 is 39.0. The zero-order valence-electron chi connectivity index (χ0n) is 9.25. The van der Waals surface area contributed by atoms with E-state index in [4.69, 9.17) is 0 Å². The number of rotatable bonds is 2. The maximum Gasteiger partial charge on any atom is 0.433 e. The van der Waals surface area contributed by atoms with Gasteiger partial charge in [-0.05, 0) is 12.7 Å². The van der Waals surface area contributed by atoms with Gasteiger partial charge in [-0.3, -0.25) is 4.40 Å². The van der Waals surface area contributed by atoms with Crippen LogP contribution in [0.5, 0.6) is 0 Å². The molecule has 0 radical (unpaired) electrons. The molecule has 0 bridgehead atoms. The Morgan fingerprint density at radius 2 is 2.12 bits per heavy atom. The monoisotopic (exact) mass is 261 g/mol. The van der Waals surface area contributed by atoms with E-state index in [1.54, 1.807) is 11.3 Å². The molecule has 0 spiro atoms. The zero-order valence-corrected chi connectivity index (χ0v) is 10.1. The highest BCUT2D eigenvalue weighted by molar-refractivity contribution is 7.99. The molecular formula is C10H10F3N3S. The van der Waals surface area contributed by atoms with Crippen molar-refractivity contribution in [1.29, 1.82) is 0 Å². The van der Waals surface area contributed by atoms with Gasteiger partial charge in [-0.15, -0.1) is 11.8 Å². The third-order valence-electron chi connectivity index (χ3n) is 2.21. The number of alkyl halides is 3. The number of imidazole rings is 1. The molecule has 0 fully saturated rings. The number of aromatic nitrogens is 3. The van der Waals surface area contributed by atoms with Gasteiger partial charge >= 0.3 is 6.18 Å². The summed E-state index contributed by atoms with van der Waals surface area (Å²) in [7, 11) is 0. The topological polar surface area (TPSA) is 30.2 Å². The SMILES string of the molecule is CCSc1c(C)nc2cc(C(F)(F)F)ncn12. The van der Waals surface area contributed by atoms with Crippen molar-refractivity contribution in [3.63, 3.8) is 0 Å². The fraction of sp³-hybridized carbons (Fsp3) is 0.400. The number of nitrogens with zero attached hydrogens (tertiary/aromatic N) is 3. The first-order valence-corrected chi connectivity index (χ1v) is 5.96. The van der Waals surface area contributed by atoms with Gasteiger partial charge in [-0.25, -0.2) is 9.97 Å². The van der Waals surface area contributed by atoms with Crippen LogP contribution in [0, 0.1) is 6.92 Å². The minimum atomic E-state index is -4.43. The Balaban J connectivity index is 2.58. The van der Waals surface area contributed by atoms with Gasteiger partial charge in [0.1, 0.15) is 22.7 Å². The third-order valence-corrected chi connectivity index (χ3v) is 3.26. The molecule has 92 valence electrons. The molecule has 0 atom stereocenters. The summed E-state index contributed by atoms with van der Waals surface area (Å²) in [6, 6.07) is 0.965. The Hall–Kier alpha value is -1.24. The van der Waals surface area contributed by atoms with E-state index >= 15 is 0 Å². The molecule has 3 nitrogen and oxygen atoms in total. The van der Waals surface area contributed by atoms with Crippen LogP contribution < -0.4 is 0 Å². The van der Waals surface area contributed by atoms with Gasteiger partial charge in [0.15, 0.2) is 0 Å². The van der Waals surface area contributed by atoms with Crippen LogP contribution >= 0.6 is 11.8 Å². The Bertz CT molecular complexity index is 547. The molecule has 0 aromatic carbocycles. The summed E-state index contributed by atoms with van der Waals surface area (Å²) >= 11 is 1.53. The van der Waals surface area contributed by atoms with E-state index in [-0.39, 0.29) is 5.65 Å². The van der Waals surface area contributed by atoms with Crippen molar-refractivity contribution in [3.05, 3.63) is 23.8 Å². The lowest BCUT2D eigenvalue weighted by Crippen LogP contribution is -2.08. The van der Waals surface area contributed by atoms with Gasteiger partial charge in [-0.2, -0.15) is 13.2 Å². The van der Waals surface area contributed by atoms with Crippen molar-refractivity contribution in [2.45, 2.75) is 25.0 Å². The average Bonchev–Trinajstić information content (AvgIpc) is 2.54. The van der Waals surface area contributed by atoms with Crippen molar-refractivity contribution in [1.82, 2.24) is 14.4 Å². The Kier molecular flexibility index (Phi) is 3.03. The lowest BCUT2D eigenvalue weighted by molar-refractivity contribution is -0.141. The smallest absolute Gasteiger partial charge is 0.277 e. The van der Waals surface area contributed by atoms with Gasteiger partial charge in [0.05, 0.1) is 5.69 Å². The van der Waals surface area contributed by atoms with Gasteiger partial charge < -0.3 is 0 Å². The fourth-order valence-corrected chi connectivity index (χ4v) is 2.32. The molecule has 0 amide bonds. The summed E-state index contributed by atoms with van der Waals surface area (Å²) in [5, 5.41) is 0.837. The molecule has 0 aliphatic rings. The molecule has 2 rings (SSSR count). The van der Waals surface area contributed by atoms with E-state index < -0.39 is 11.9 Å². The molecule has 7 heteroatoms. The molecule has 17 heavy (non-hydrogen) atoms. The second kappa shape index (κ2) is 4.21. The summed E-state index contributed by atoms with van der Waals surface area (Å²) in [6.07, 6.45) is -3.25. The normalized spacial score (nSPS) is 12.3. The second-order valence-electron chi connectivity index (χ2n) is 3.44. The second-order valence-corrected chi connectivity index (χ2v) is 4.69. The lowest BCUT2D eigenvalue weighted by Gasteiger charge is -2.05. The third kappa shape index (κ3) is 2.24. The minimum absolute atomic E-state index is 0.278. The first-order valence-electron chi connectivity index (χ1n) is 4.98. The first-order chi connectivity index (χ1) is 7.93. The number of thioether (sulfide) groups is 1. The summed E-state index contributed by atoms with van der Waals surface area (Å²) in [5.41, 5.74) is 0.0850. The van der Waals surface area contributed by atoms with Crippen molar-refractivity contribution < 1.29 is 13.2 Å². The summed E-state index contributed by atoms with van der Waals surface area (Å²) in [5.74, 6) is 0.829. The first kappa shape index (κ1) is 12.2. The largest absolute Gasteiger partial charge is 0.433 e. The van der Waals surface area contributed by atoms with E-state index in [0.717, 1.165) is 22.5 Å². The maximum absolute atomic E-state index is 12.5. The van der Waals surface area contributed by atoms with Crippen LogP contribution in [0.4, 0.5) is 13.2 Å². The molecule has 2 aromatic heterocycles. The highest BCUT2D eigenvalue weighted by atomic mass is 32.2. The highest BCUT2D eigenvalue weighted by Crippen LogP contribution is 2.29. The molecule has 0 saturated carbocycles. The zero-order chi connectivity index (χ0) is 12.6. The van der Waals surface area contributed by atoms with Crippen molar-refractivity contribution in [2.24, 2.45) is 0 Å². The number of halogens is 3. The van der Waals surface area contributed by atoms with Gasteiger partial charge in [0.2, 0.25) is 0 Å². The number of hydrogen-bond donors (Lipinski definition) is 0. The van der Waals surface area contributed by atoms with Gasteiger partial charge in [0, 0.05) is 6.07 Å². The molecule has 2 heterocycles. The molecule has 0 aliphatic heterocycles. The molecule has 0 N–H and O–H groups in total. The summed E-state index contributed by atoms with van der Waals surface area (Å²) in [4.78, 5) is 7.53. The fourth-order valence-electron chi connectivity index (χ4n) is 1.51. The Morgan fingerprint density at radius 1 is 1.41 bits per heavy atom. The average molecular weight is 261 g/mol. The molecule has 0 aliphatic carbocycles. The predicted molar refractivity (Wildman–Crippen MR) is 59.1 cm³/mol. The van der Waals surface area contributed by atoms with Gasteiger partial charge in [-0.1, -0.05) is 6.92 Å². The van der Waals surface area contributed by atoms with Crippen LogP contribution in [-0.4, -0.2) is 20.1 Å². The van der Waals surface area contributed by atoms with E-state index in [9.17, 15) is 13.2 Å². The van der Waals surface area contributed by atoms with Crippen LogP contribution in [-0.2, 0) is 6.18 Å². The Labute approximate surface area is 100 Å². The predicted octanol–water partition coefficient (Wildman–Crippen LogP) is 3.17. The van der Waals surface area contributed by atoms with Crippen LogP contribution in [0.2, 0.25) is 0 Å². The maximum atomic E-state index is 12.5. The summed E-state index contributed by atoms with van der Waals surface area (Å²) in [6.45, 7) is 3.75. The number of aryl methyl sites for hydroxylation is 1. The quantitative estimate of drug-likeness (QED) is 0.778. The van der Waals surface area contributed by atoms with Crippen LogP contribution in [0.1, 0.15) is 18.3 Å². The van der Waals surface area contributed by atoms with E-state index in [1.165, 1.54) is 18.1 Å². The van der Waals surface area contributed by atoms with E-state index in [0.29, 0.717) is 0 Å². The van der Waals surface area contributed by atoms with Crippen LogP contribution in [0.25, 0.3) is 5.65 Å². The standard InChI is InChI=1S/C10H10F3N3S/c1-3-17-9-6(2)15-8-4-7(10(11,12)13)14-5-16(8)9/h4-5H,3H2,1-2H3. The van der Waals surface area contributed by atoms with Crippen molar-refractivity contribution in [2.75, 3.05) is 5.75 Å². The van der Waals surface area contributed by atoms with E-state index in [2.05, 4.69) is 9.97 Å². The Morgan fingerprint density at radius 3 is 2.71 bits per heavy atom. The van der Waals surface area contributed by atoms with E-state index in [1.807, 2.05) is 6.92 Å². The number of hydrogen-bond acceptors (Lipinski definition) is 3. The van der Waals surface area contributed by atoms with Gasteiger partial charge in [0.25, 0.3) is 0 Å². The van der Waals surface area contributed by atoms with Crippen molar-refractivity contribution in [3.8, 4) is 0 Å². The lowest BCUT2D eigenvalue weighted by atomic mass is 10.4.